The predicted molar refractivity (Wildman–Crippen MR) is 88.8 cm³/mol. The van der Waals surface area contributed by atoms with Crippen LogP contribution in [0, 0.1) is 20.8 Å². The zero-order valence-electron chi connectivity index (χ0n) is 12.6. The van der Waals surface area contributed by atoms with Crippen LogP contribution in [0.1, 0.15) is 36.6 Å². The van der Waals surface area contributed by atoms with Crippen molar-refractivity contribution >= 4 is 27.6 Å². The molecule has 0 aliphatic carbocycles. The molecule has 0 unspecified atom stereocenters. The van der Waals surface area contributed by atoms with Crippen LogP contribution < -0.4 is 5.32 Å². The Bertz CT molecular complexity index is 579. The number of nitrogens with zero attached hydrogens (tertiary/aromatic N) is 2. The van der Waals surface area contributed by atoms with Crippen molar-refractivity contribution in [1.29, 1.82) is 0 Å². The monoisotopic (exact) mass is 335 g/mol. The highest BCUT2D eigenvalue weighted by molar-refractivity contribution is 9.10. The van der Waals surface area contributed by atoms with E-state index in [0.717, 1.165) is 28.3 Å². The van der Waals surface area contributed by atoms with Crippen LogP contribution in [0.5, 0.6) is 0 Å². The van der Waals surface area contributed by atoms with E-state index in [0.29, 0.717) is 0 Å². The lowest BCUT2D eigenvalue weighted by atomic mass is 10.1. The van der Waals surface area contributed by atoms with Crippen LogP contribution in [0.25, 0.3) is 0 Å². The van der Waals surface area contributed by atoms with Gasteiger partial charge in [-0.05, 0) is 60.3 Å². The summed E-state index contributed by atoms with van der Waals surface area (Å²) in [5.41, 5.74) is 4.62. The smallest absolute Gasteiger partial charge is 0.207 e. The maximum absolute atomic E-state index is 4.59. The average molecular weight is 336 g/mol. The Hall–Kier alpha value is -1.29. The molecule has 3 nitrogen and oxygen atoms in total. The van der Waals surface area contributed by atoms with E-state index >= 15 is 0 Å². The highest BCUT2D eigenvalue weighted by Gasteiger charge is 2.10. The zero-order valence-corrected chi connectivity index (χ0v) is 14.2. The topological polar surface area (TPSA) is 29.9 Å². The van der Waals surface area contributed by atoms with Gasteiger partial charge in [-0.3, -0.25) is 0 Å². The number of nitrogens with one attached hydrogen (secondary N) is 1. The molecule has 0 radical (unpaired) electrons. The van der Waals surface area contributed by atoms with Crippen molar-refractivity contribution in [2.75, 3.05) is 5.32 Å². The molecule has 0 bridgehead atoms. The Balaban J connectivity index is 2.30. The van der Waals surface area contributed by atoms with Gasteiger partial charge in [0.25, 0.3) is 0 Å². The molecule has 0 atom stereocenters. The average Bonchev–Trinajstić information content (AvgIpc) is 2.71. The minimum Gasteiger partial charge on any atom is -0.324 e. The number of benzene rings is 1. The van der Waals surface area contributed by atoms with Crippen LogP contribution in [-0.2, 0) is 6.54 Å². The first-order valence-corrected chi connectivity index (χ1v) is 7.88. The maximum Gasteiger partial charge on any atom is 0.207 e. The largest absolute Gasteiger partial charge is 0.324 e. The predicted octanol–water partition coefficient (Wildman–Crippen LogP) is 5.11. The summed E-state index contributed by atoms with van der Waals surface area (Å²) >= 11 is 3.64. The molecule has 0 aliphatic rings. The van der Waals surface area contributed by atoms with E-state index < -0.39 is 0 Å². The fraction of sp³-hybridized carbons (Fsp3) is 0.438. The fourth-order valence-electron chi connectivity index (χ4n) is 2.33. The first-order chi connectivity index (χ1) is 9.51. The van der Waals surface area contributed by atoms with Crippen molar-refractivity contribution in [3.63, 3.8) is 0 Å². The Morgan fingerprint density at radius 3 is 2.65 bits per heavy atom. The van der Waals surface area contributed by atoms with Gasteiger partial charge in [0.15, 0.2) is 0 Å². The normalized spacial score (nSPS) is 10.8. The molecule has 0 spiro atoms. The summed E-state index contributed by atoms with van der Waals surface area (Å²) in [7, 11) is 0. The van der Waals surface area contributed by atoms with Crippen molar-refractivity contribution in [2.45, 2.75) is 47.1 Å². The molecule has 4 heteroatoms. The van der Waals surface area contributed by atoms with Crippen LogP contribution in [0.2, 0.25) is 0 Å². The van der Waals surface area contributed by atoms with Gasteiger partial charge in [-0.1, -0.05) is 19.4 Å². The van der Waals surface area contributed by atoms with Gasteiger partial charge in [0.2, 0.25) is 5.95 Å². The van der Waals surface area contributed by atoms with E-state index in [1.54, 1.807) is 0 Å². The van der Waals surface area contributed by atoms with Crippen LogP contribution in [0.4, 0.5) is 11.6 Å². The third kappa shape index (κ3) is 3.42. The lowest BCUT2D eigenvalue weighted by Crippen LogP contribution is -2.05. The highest BCUT2D eigenvalue weighted by Crippen LogP contribution is 2.30. The van der Waals surface area contributed by atoms with Gasteiger partial charge >= 0.3 is 0 Å². The number of imidazole rings is 1. The zero-order chi connectivity index (χ0) is 14.7. The molecule has 0 fully saturated rings. The summed E-state index contributed by atoms with van der Waals surface area (Å²) in [6.45, 7) is 9.46. The lowest BCUT2D eigenvalue weighted by molar-refractivity contribution is 0.637. The second-order valence-electron chi connectivity index (χ2n) is 5.32. The van der Waals surface area contributed by atoms with Gasteiger partial charge in [0.1, 0.15) is 0 Å². The molecule has 0 aliphatic heterocycles. The van der Waals surface area contributed by atoms with Crippen LogP contribution in [0.15, 0.2) is 22.8 Å². The number of hydrogen-bond acceptors (Lipinski definition) is 2. The summed E-state index contributed by atoms with van der Waals surface area (Å²) in [4.78, 5) is 4.59. The molecule has 2 rings (SSSR count). The molecule has 0 saturated heterocycles. The van der Waals surface area contributed by atoms with Crippen molar-refractivity contribution in [1.82, 2.24) is 9.55 Å². The quantitative estimate of drug-likeness (QED) is 0.822. The van der Waals surface area contributed by atoms with Crippen LogP contribution >= 0.6 is 15.9 Å². The van der Waals surface area contributed by atoms with Gasteiger partial charge in [-0.15, -0.1) is 0 Å². The summed E-state index contributed by atoms with van der Waals surface area (Å²) in [6.07, 6.45) is 4.46. The van der Waals surface area contributed by atoms with E-state index in [2.05, 4.69) is 69.9 Å². The molecule has 0 amide bonds. The van der Waals surface area contributed by atoms with E-state index in [-0.39, 0.29) is 0 Å². The van der Waals surface area contributed by atoms with Crippen LogP contribution in [0.3, 0.4) is 0 Å². The van der Waals surface area contributed by atoms with Gasteiger partial charge < -0.3 is 9.88 Å². The molecule has 108 valence electrons. The molecule has 2 aromatic rings. The molecule has 1 aromatic carbocycles. The van der Waals surface area contributed by atoms with E-state index in [1.165, 1.54) is 24.0 Å². The first kappa shape index (κ1) is 15.1. The second-order valence-corrected chi connectivity index (χ2v) is 6.17. The van der Waals surface area contributed by atoms with Crippen molar-refractivity contribution < 1.29 is 0 Å². The summed E-state index contributed by atoms with van der Waals surface area (Å²) in [5, 5.41) is 3.47. The minimum atomic E-state index is 0.920. The molecule has 1 aromatic heterocycles. The number of anilines is 2. The van der Waals surface area contributed by atoms with E-state index in [9.17, 15) is 0 Å². The van der Waals surface area contributed by atoms with Crippen molar-refractivity contribution in [3.8, 4) is 0 Å². The Morgan fingerprint density at radius 2 is 2.00 bits per heavy atom. The second kappa shape index (κ2) is 6.44. The molecule has 1 heterocycles. The van der Waals surface area contributed by atoms with E-state index in [1.807, 2.05) is 6.92 Å². The standard InChI is InChI=1S/C16H22BrN3/c1-5-6-7-20-10-13(4)18-16(20)19-15-12(3)8-11(2)9-14(15)17/h8-10H,5-7H2,1-4H3,(H,18,19). The van der Waals surface area contributed by atoms with Gasteiger partial charge in [-0.25, -0.2) is 4.98 Å². The van der Waals surface area contributed by atoms with Crippen molar-refractivity contribution in [2.24, 2.45) is 0 Å². The van der Waals surface area contributed by atoms with Gasteiger partial charge in [-0.2, -0.15) is 0 Å². The third-order valence-electron chi connectivity index (χ3n) is 3.32. The van der Waals surface area contributed by atoms with Crippen LogP contribution in [-0.4, -0.2) is 9.55 Å². The fourth-order valence-corrected chi connectivity index (χ4v) is 3.10. The van der Waals surface area contributed by atoms with Crippen molar-refractivity contribution in [3.05, 3.63) is 39.6 Å². The Kier molecular flexibility index (Phi) is 4.86. The summed E-state index contributed by atoms with van der Waals surface area (Å²) < 4.78 is 3.28. The van der Waals surface area contributed by atoms with Gasteiger partial charge in [0, 0.05) is 17.2 Å². The number of hydrogen-bond donors (Lipinski definition) is 1. The number of aromatic nitrogens is 2. The molecular formula is C16H22BrN3. The molecular weight excluding hydrogens is 314 g/mol. The number of halogens is 1. The minimum absolute atomic E-state index is 0.920. The Labute approximate surface area is 129 Å². The highest BCUT2D eigenvalue weighted by atomic mass is 79.9. The third-order valence-corrected chi connectivity index (χ3v) is 3.94. The first-order valence-electron chi connectivity index (χ1n) is 7.08. The van der Waals surface area contributed by atoms with E-state index in [4.69, 9.17) is 0 Å². The number of aryl methyl sites for hydroxylation is 4. The molecule has 0 saturated carbocycles. The SMILES string of the molecule is CCCCn1cc(C)nc1Nc1c(C)cc(C)cc1Br. The number of rotatable bonds is 5. The molecule has 20 heavy (non-hydrogen) atoms. The maximum atomic E-state index is 4.59. The summed E-state index contributed by atoms with van der Waals surface area (Å²) in [5.74, 6) is 0.920. The summed E-state index contributed by atoms with van der Waals surface area (Å²) in [6, 6.07) is 4.31. The number of unbranched alkanes of at least 4 members (excludes halogenated alkanes) is 1. The van der Waals surface area contributed by atoms with Gasteiger partial charge in [0.05, 0.1) is 11.4 Å². The Morgan fingerprint density at radius 1 is 1.25 bits per heavy atom. The lowest BCUT2D eigenvalue weighted by Gasteiger charge is -2.14. The molecule has 1 N–H and O–H groups in total.